The minimum absolute atomic E-state index is 0.307. The number of nitrogens with zero attached hydrogens (tertiary/aromatic N) is 2. The van der Waals surface area contributed by atoms with Crippen LogP contribution in [-0.2, 0) is 0 Å². The number of rotatable bonds is 5. The molecule has 7 heteroatoms. The van der Waals surface area contributed by atoms with Crippen molar-refractivity contribution in [1.82, 2.24) is 15.6 Å². The summed E-state index contributed by atoms with van der Waals surface area (Å²) < 4.78 is 6.46. The van der Waals surface area contributed by atoms with E-state index >= 15 is 0 Å². The normalized spacial score (nSPS) is 11.1. The van der Waals surface area contributed by atoms with E-state index in [0.29, 0.717) is 17.1 Å². The Labute approximate surface area is 175 Å². The van der Waals surface area contributed by atoms with E-state index in [-0.39, 0.29) is 5.91 Å². The lowest BCUT2D eigenvalue weighted by molar-refractivity contribution is 0.0950. The molecule has 0 aliphatic heterocycles. The summed E-state index contributed by atoms with van der Waals surface area (Å²) in [5.41, 5.74) is 5.14. The van der Waals surface area contributed by atoms with Gasteiger partial charge in [-0.05, 0) is 40.6 Å². The van der Waals surface area contributed by atoms with Crippen molar-refractivity contribution in [3.8, 4) is 17.0 Å². The Hall–Kier alpha value is -3.45. The molecule has 0 aliphatic carbocycles. The molecule has 2 N–H and O–H groups in total. The molecule has 4 rings (SSSR count). The summed E-state index contributed by atoms with van der Waals surface area (Å²) in [6.07, 6.45) is 1.58. The zero-order valence-electron chi connectivity index (χ0n) is 15.5. The lowest BCUT2D eigenvalue weighted by Gasteiger charge is -2.09. The lowest BCUT2D eigenvalue weighted by Crippen LogP contribution is -2.17. The Morgan fingerprint density at radius 3 is 2.83 bits per heavy atom. The van der Waals surface area contributed by atoms with Crippen LogP contribution in [-0.4, -0.2) is 29.4 Å². The summed E-state index contributed by atoms with van der Waals surface area (Å²) >= 11 is 3.40. The molecule has 0 spiro atoms. The summed E-state index contributed by atoms with van der Waals surface area (Å²) in [5, 5.41) is 13.2. The molecule has 4 aromatic rings. The quantitative estimate of drug-likeness (QED) is 0.341. The average Bonchev–Trinajstić information content (AvgIpc) is 3.23. The number of aromatic amines is 1. The minimum Gasteiger partial charge on any atom is -0.496 e. The highest BCUT2D eigenvalue weighted by Gasteiger charge is 2.16. The van der Waals surface area contributed by atoms with Gasteiger partial charge in [-0.3, -0.25) is 9.89 Å². The highest BCUT2D eigenvalue weighted by atomic mass is 79.9. The van der Waals surface area contributed by atoms with Crippen molar-refractivity contribution in [3.05, 3.63) is 82.5 Å². The number of carbonyl (C=O) groups excluding carboxylic acids is 1. The van der Waals surface area contributed by atoms with E-state index in [0.717, 1.165) is 26.4 Å². The fourth-order valence-corrected chi connectivity index (χ4v) is 3.48. The second-order valence-corrected chi connectivity index (χ2v) is 7.20. The Morgan fingerprint density at radius 2 is 2.00 bits per heavy atom. The summed E-state index contributed by atoms with van der Waals surface area (Å²) in [5.74, 6) is 0.309. The summed E-state index contributed by atoms with van der Waals surface area (Å²) in [6, 6.07) is 21.2. The largest absolute Gasteiger partial charge is 0.496 e. The first kappa shape index (κ1) is 18.9. The molecule has 1 heterocycles. The van der Waals surface area contributed by atoms with Crippen LogP contribution in [0.5, 0.6) is 5.75 Å². The Morgan fingerprint density at radius 1 is 1.14 bits per heavy atom. The molecule has 1 amide bonds. The first-order valence-corrected chi connectivity index (χ1v) is 9.65. The van der Waals surface area contributed by atoms with Gasteiger partial charge in [0.05, 0.1) is 24.6 Å². The van der Waals surface area contributed by atoms with Crippen LogP contribution in [0, 0.1) is 0 Å². The molecule has 0 atom stereocenters. The minimum atomic E-state index is -0.380. The summed E-state index contributed by atoms with van der Waals surface area (Å²) in [7, 11) is 1.62. The molecule has 0 saturated carbocycles. The smallest absolute Gasteiger partial charge is 0.289 e. The van der Waals surface area contributed by atoms with Gasteiger partial charge in [-0.2, -0.15) is 10.2 Å². The van der Waals surface area contributed by atoms with Gasteiger partial charge in [-0.1, -0.05) is 58.4 Å². The molecule has 0 aliphatic rings. The molecule has 0 fully saturated rings. The van der Waals surface area contributed by atoms with Crippen LogP contribution in [0.2, 0.25) is 0 Å². The van der Waals surface area contributed by atoms with Gasteiger partial charge in [0.2, 0.25) is 0 Å². The molecule has 3 aromatic carbocycles. The third-order valence-electron chi connectivity index (χ3n) is 4.42. The lowest BCUT2D eigenvalue weighted by atomic mass is 10.0. The maximum Gasteiger partial charge on any atom is 0.289 e. The van der Waals surface area contributed by atoms with Gasteiger partial charge in [0, 0.05) is 4.47 Å². The number of halogens is 1. The van der Waals surface area contributed by atoms with E-state index in [1.165, 1.54) is 0 Å². The molecule has 0 bridgehead atoms. The van der Waals surface area contributed by atoms with Gasteiger partial charge in [-0.15, -0.1) is 0 Å². The molecular weight excluding hydrogens is 432 g/mol. The number of hydrogen-bond acceptors (Lipinski definition) is 4. The van der Waals surface area contributed by atoms with Gasteiger partial charge >= 0.3 is 0 Å². The van der Waals surface area contributed by atoms with E-state index < -0.39 is 0 Å². The van der Waals surface area contributed by atoms with E-state index in [9.17, 15) is 4.79 Å². The van der Waals surface area contributed by atoms with Crippen LogP contribution in [0.25, 0.3) is 22.0 Å². The topological polar surface area (TPSA) is 79.4 Å². The number of benzene rings is 3. The predicted octanol–water partition coefficient (Wildman–Crippen LogP) is 4.76. The van der Waals surface area contributed by atoms with Crippen molar-refractivity contribution < 1.29 is 9.53 Å². The second-order valence-electron chi connectivity index (χ2n) is 6.28. The van der Waals surface area contributed by atoms with Crippen LogP contribution in [0.3, 0.4) is 0 Å². The molecule has 0 radical (unpaired) electrons. The highest BCUT2D eigenvalue weighted by Crippen LogP contribution is 2.36. The zero-order chi connectivity index (χ0) is 20.2. The number of hydrogen-bond donors (Lipinski definition) is 2. The molecule has 1 aromatic heterocycles. The summed E-state index contributed by atoms with van der Waals surface area (Å²) in [4.78, 5) is 12.4. The number of H-pyrrole nitrogens is 1. The van der Waals surface area contributed by atoms with Crippen molar-refractivity contribution in [3.63, 3.8) is 0 Å². The number of aromatic nitrogens is 2. The number of nitrogens with one attached hydrogen (secondary N) is 2. The zero-order valence-corrected chi connectivity index (χ0v) is 17.1. The molecule has 0 saturated heterocycles. The monoisotopic (exact) mass is 448 g/mol. The maximum absolute atomic E-state index is 12.4. The van der Waals surface area contributed by atoms with Crippen LogP contribution in [0.4, 0.5) is 0 Å². The fourth-order valence-electron chi connectivity index (χ4n) is 3.06. The van der Waals surface area contributed by atoms with Crippen LogP contribution < -0.4 is 10.2 Å². The number of methoxy groups -OCH3 is 1. The van der Waals surface area contributed by atoms with Crippen molar-refractivity contribution in [2.45, 2.75) is 0 Å². The molecule has 144 valence electrons. The number of hydrazone groups is 1. The van der Waals surface area contributed by atoms with Gasteiger partial charge in [0.25, 0.3) is 5.91 Å². The van der Waals surface area contributed by atoms with Crippen molar-refractivity contribution in [2.75, 3.05) is 7.11 Å². The van der Waals surface area contributed by atoms with Crippen molar-refractivity contribution in [1.29, 1.82) is 0 Å². The van der Waals surface area contributed by atoms with Gasteiger partial charge in [-0.25, -0.2) is 5.43 Å². The molecule has 0 unspecified atom stereocenters. The Balaban J connectivity index is 1.59. The predicted molar refractivity (Wildman–Crippen MR) is 117 cm³/mol. The summed E-state index contributed by atoms with van der Waals surface area (Å²) in [6.45, 7) is 0. The standard InChI is InChI=1S/C22H17BrN4O2/c1-29-20-10-9-15-6-2-3-8-17(15)21(20)18-12-19(26-25-18)22(28)27-24-13-14-5-4-7-16(23)11-14/h2-13H,1H3,(H,25,26)(H,27,28). The van der Waals surface area contributed by atoms with E-state index in [2.05, 4.69) is 36.7 Å². The van der Waals surface area contributed by atoms with Gasteiger partial charge < -0.3 is 4.74 Å². The fraction of sp³-hybridized carbons (Fsp3) is 0.0455. The molecule has 29 heavy (non-hydrogen) atoms. The van der Waals surface area contributed by atoms with Crippen LogP contribution >= 0.6 is 15.9 Å². The molecule has 6 nitrogen and oxygen atoms in total. The van der Waals surface area contributed by atoms with Gasteiger partial charge in [0.1, 0.15) is 11.4 Å². The van der Waals surface area contributed by atoms with Crippen molar-refractivity contribution >= 4 is 38.8 Å². The first-order chi connectivity index (χ1) is 14.2. The molecular formula is C22H17BrN4O2. The second kappa shape index (κ2) is 8.28. The van der Waals surface area contributed by atoms with E-state index in [1.54, 1.807) is 19.4 Å². The highest BCUT2D eigenvalue weighted by molar-refractivity contribution is 9.10. The van der Waals surface area contributed by atoms with E-state index in [1.807, 2.05) is 60.7 Å². The average molecular weight is 449 g/mol. The van der Waals surface area contributed by atoms with E-state index in [4.69, 9.17) is 4.74 Å². The maximum atomic E-state index is 12.4. The Bertz CT molecular complexity index is 1220. The van der Waals surface area contributed by atoms with Crippen LogP contribution in [0.1, 0.15) is 16.1 Å². The number of amides is 1. The number of fused-ring (bicyclic) bond motifs is 1. The number of carbonyl (C=O) groups is 1. The first-order valence-electron chi connectivity index (χ1n) is 8.86. The Kier molecular flexibility index (Phi) is 5.39. The SMILES string of the molecule is COc1ccc2ccccc2c1-c1cc(C(=O)NN=Cc2cccc(Br)c2)[nH]n1. The number of ether oxygens (including phenoxy) is 1. The third-order valence-corrected chi connectivity index (χ3v) is 4.91. The third kappa shape index (κ3) is 4.05. The van der Waals surface area contributed by atoms with Gasteiger partial charge in [0.15, 0.2) is 0 Å². The van der Waals surface area contributed by atoms with Crippen LogP contribution in [0.15, 0.2) is 76.3 Å². The van der Waals surface area contributed by atoms with Crippen molar-refractivity contribution in [2.24, 2.45) is 5.10 Å².